The first-order chi connectivity index (χ1) is 20.1. The number of hydrogen-bond acceptors (Lipinski definition) is 11. The van der Waals surface area contributed by atoms with Gasteiger partial charge in [-0.15, -0.1) is 32.1 Å². The van der Waals surface area contributed by atoms with E-state index < -0.39 is 51.9 Å². The first kappa shape index (κ1) is 41.4. The maximum atomic E-state index is 11.6. The first-order valence-corrected chi connectivity index (χ1v) is 14.1. The molecule has 3 fully saturated rings. The molecule has 13 nitrogen and oxygen atoms in total. The van der Waals surface area contributed by atoms with E-state index in [1.54, 1.807) is 59.8 Å². The molecule has 3 saturated carbocycles. The summed E-state index contributed by atoms with van der Waals surface area (Å²) >= 11 is 0. The second-order valence-electron chi connectivity index (χ2n) is 12.9. The highest BCUT2D eigenvalue weighted by Crippen LogP contribution is 2.46. The minimum atomic E-state index is -0.987. The lowest BCUT2D eigenvalue weighted by Gasteiger charge is -2.22. The lowest BCUT2D eigenvalue weighted by Crippen LogP contribution is -2.47. The maximum Gasteiger partial charge on any atom is 0.408 e. The predicted molar refractivity (Wildman–Crippen MR) is 169 cm³/mol. The van der Waals surface area contributed by atoms with E-state index in [-0.39, 0.29) is 36.1 Å². The fourth-order valence-corrected chi connectivity index (χ4v) is 4.36. The van der Waals surface area contributed by atoms with Gasteiger partial charge in [0.2, 0.25) is 0 Å². The van der Waals surface area contributed by atoms with Crippen LogP contribution in [0.15, 0.2) is 38.0 Å². The Balaban J connectivity index is 0.000000660. The molecule has 3 aliphatic rings. The molecule has 4 N–H and O–H groups in total. The smallest absolute Gasteiger partial charge is 0.408 e. The van der Waals surface area contributed by atoms with Gasteiger partial charge in [-0.25, -0.2) is 19.2 Å². The van der Waals surface area contributed by atoms with E-state index in [0.717, 1.165) is 0 Å². The number of hydrogen-bond donors (Lipinski definition) is 3. The quantitative estimate of drug-likeness (QED) is 0.196. The number of carbonyl (C=O) groups excluding carboxylic acids is 5. The average molecular weight is 660 g/mol. The van der Waals surface area contributed by atoms with Crippen molar-refractivity contribution in [1.29, 1.82) is 0 Å². The molecule has 2 amide bonds. The molecule has 0 spiro atoms. The van der Waals surface area contributed by atoms with Crippen LogP contribution in [0.5, 0.6) is 0 Å². The largest absolute Gasteiger partial charge is 0.468 e. The van der Waals surface area contributed by atoms with Crippen molar-refractivity contribution in [3.8, 4) is 0 Å². The Labute approximate surface area is 272 Å². The molecule has 3 aliphatic carbocycles. The third kappa shape index (κ3) is 11.1. The molecule has 4 unspecified atom stereocenters. The first-order valence-electron chi connectivity index (χ1n) is 14.1. The molecule has 0 aromatic rings. The van der Waals surface area contributed by atoms with Crippen LogP contribution in [0, 0.1) is 17.8 Å². The Morgan fingerprint density at radius 1 is 0.644 bits per heavy atom. The average Bonchev–Trinajstić information content (AvgIpc) is 3.86. The van der Waals surface area contributed by atoms with Crippen LogP contribution in [0.3, 0.4) is 0 Å². The number of amides is 2. The zero-order valence-electron chi connectivity index (χ0n) is 27.8. The van der Waals surface area contributed by atoms with Gasteiger partial charge in [-0.05, 0) is 60.8 Å². The fraction of sp³-hybridized carbons (Fsp3) is 0.645. The van der Waals surface area contributed by atoms with Gasteiger partial charge >= 0.3 is 30.1 Å². The summed E-state index contributed by atoms with van der Waals surface area (Å²) < 4.78 is 24.1. The predicted octanol–water partition coefficient (Wildman–Crippen LogP) is 3.74. The van der Waals surface area contributed by atoms with E-state index in [0.29, 0.717) is 19.3 Å². The van der Waals surface area contributed by atoms with Gasteiger partial charge in [-0.3, -0.25) is 4.79 Å². The summed E-state index contributed by atoms with van der Waals surface area (Å²) in [5.74, 6) is -1.34. The summed E-state index contributed by atoms with van der Waals surface area (Å²) in [6.07, 6.45) is 5.40. The third-order valence-electron chi connectivity index (χ3n) is 7.05. The molecule has 0 heterocycles. The van der Waals surface area contributed by atoms with Crippen molar-refractivity contribution in [1.82, 2.24) is 10.6 Å². The standard InChI is InChI=1S/2C12H19NO4.C7H11NO2.ClH/c2*1-6-8-7-12(8,9(14)16-5)13-10(15)17-11(2,3)4;1-3-5-4-7(5,8)6(9)10-2;/h2*6,8H,1,7H2,2-5H3,(H,13,15);3,5H,1,4,8H2,2H3;1H/t8?,12-;;5?,7-;/m1.1./s1. The summed E-state index contributed by atoms with van der Waals surface area (Å²) in [4.78, 5) is 57.4. The second kappa shape index (κ2) is 15.6. The lowest BCUT2D eigenvalue weighted by atomic mass is 10.2. The lowest BCUT2D eigenvalue weighted by molar-refractivity contribution is -0.145. The molecule has 0 aliphatic heterocycles. The number of esters is 3. The zero-order valence-corrected chi connectivity index (χ0v) is 28.6. The molecule has 256 valence electrons. The maximum absolute atomic E-state index is 11.6. The normalized spacial score (nSPS) is 28.5. The van der Waals surface area contributed by atoms with Gasteiger partial charge < -0.3 is 40.1 Å². The molecule has 45 heavy (non-hydrogen) atoms. The zero-order chi connectivity index (χ0) is 34.3. The van der Waals surface area contributed by atoms with Crippen LogP contribution in [0.25, 0.3) is 0 Å². The van der Waals surface area contributed by atoms with Crippen molar-refractivity contribution in [2.24, 2.45) is 23.5 Å². The molecule has 3 rings (SSSR count). The number of nitrogens with two attached hydrogens (primary N) is 1. The van der Waals surface area contributed by atoms with Crippen LogP contribution in [0.2, 0.25) is 0 Å². The number of halogens is 1. The molecule has 14 heteroatoms. The minimum absolute atomic E-state index is 0. The number of carbonyl (C=O) groups is 5. The van der Waals surface area contributed by atoms with Crippen LogP contribution < -0.4 is 16.4 Å². The van der Waals surface area contributed by atoms with E-state index >= 15 is 0 Å². The van der Waals surface area contributed by atoms with Crippen LogP contribution in [0.1, 0.15) is 60.8 Å². The van der Waals surface area contributed by atoms with Gasteiger partial charge in [-0.2, -0.15) is 0 Å². The Morgan fingerprint density at radius 3 is 1.16 bits per heavy atom. The van der Waals surface area contributed by atoms with Gasteiger partial charge in [0.15, 0.2) is 0 Å². The summed E-state index contributed by atoms with van der Waals surface area (Å²) in [6.45, 7) is 21.3. The molecule has 0 bridgehead atoms. The summed E-state index contributed by atoms with van der Waals surface area (Å²) in [5, 5.41) is 5.14. The number of alkyl carbamates (subject to hydrolysis) is 2. The van der Waals surface area contributed by atoms with Gasteiger partial charge in [0.1, 0.15) is 27.8 Å². The highest BCUT2D eigenvalue weighted by Gasteiger charge is 2.62. The van der Waals surface area contributed by atoms with E-state index in [9.17, 15) is 24.0 Å². The molecular formula is C31H50ClN3O10. The topological polar surface area (TPSA) is 182 Å². The van der Waals surface area contributed by atoms with Crippen LogP contribution >= 0.6 is 12.4 Å². The van der Waals surface area contributed by atoms with Crippen LogP contribution in [0.4, 0.5) is 9.59 Å². The molecule has 6 atom stereocenters. The van der Waals surface area contributed by atoms with Crippen molar-refractivity contribution >= 4 is 42.5 Å². The van der Waals surface area contributed by atoms with Crippen molar-refractivity contribution in [3.63, 3.8) is 0 Å². The molecule has 0 aromatic carbocycles. The molecular weight excluding hydrogens is 610 g/mol. The van der Waals surface area contributed by atoms with E-state index in [2.05, 4.69) is 44.6 Å². The number of rotatable bonds is 8. The molecule has 0 radical (unpaired) electrons. The van der Waals surface area contributed by atoms with Crippen molar-refractivity contribution in [2.45, 2.75) is 88.6 Å². The van der Waals surface area contributed by atoms with Crippen molar-refractivity contribution < 1.29 is 47.7 Å². The van der Waals surface area contributed by atoms with E-state index in [1.807, 2.05) is 0 Å². The Morgan fingerprint density at radius 2 is 0.956 bits per heavy atom. The highest BCUT2D eigenvalue weighted by atomic mass is 35.5. The number of methoxy groups -OCH3 is 3. The Hall–Kier alpha value is -3.58. The SMILES string of the molecule is C=CC1CC1(NC(=O)OC(C)(C)C)C(=O)OC.C=CC1C[C@]1(N)C(=O)OC.C=CC1C[C@]1(NC(=O)OC(C)(C)C)C(=O)OC.Cl. The van der Waals surface area contributed by atoms with Crippen molar-refractivity contribution in [2.75, 3.05) is 21.3 Å². The van der Waals surface area contributed by atoms with Gasteiger partial charge in [-0.1, -0.05) is 18.2 Å². The molecule has 0 saturated heterocycles. The van der Waals surface area contributed by atoms with Crippen LogP contribution in [-0.4, -0.2) is 79.2 Å². The van der Waals surface area contributed by atoms with E-state index in [1.165, 1.54) is 21.3 Å². The number of nitrogens with one attached hydrogen (secondary N) is 2. The number of ether oxygens (including phenoxy) is 5. The van der Waals surface area contributed by atoms with E-state index in [4.69, 9.17) is 15.2 Å². The summed E-state index contributed by atoms with van der Waals surface area (Å²) in [6, 6.07) is 0. The summed E-state index contributed by atoms with van der Waals surface area (Å²) in [7, 11) is 3.92. The van der Waals surface area contributed by atoms with Gasteiger partial charge in [0, 0.05) is 17.8 Å². The minimum Gasteiger partial charge on any atom is -0.468 e. The van der Waals surface area contributed by atoms with Gasteiger partial charge in [0.05, 0.1) is 21.3 Å². The molecule has 0 aromatic heterocycles. The second-order valence-corrected chi connectivity index (χ2v) is 12.9. The van der Waals surface area contributed by atoms with Crippen molar-refractivity contribution in [3.05, 3.63) is 38.0 Å². The fourth-order valence-electron chi connectivity index (χ4n) is 4.36. The third-order valence-corrected chi connectivity index (χ3v) is 7.05. The van der Waals surface area contributed by atoms with Gasteiger partial charge in [0.25, 0.3) is 0 Å². The summed E-state index contributed by atoms with van der Waals surface area (Å²) in [5.41, 5.74) is 1.69. The highest BCUT2D eigenvalue weighted by molar-refractivity contribution is 5.91. The Bertz CT molecular complexity index is 1080. The van der Waals surface area contributed by atoms with Crippen LogP contribution in [-0.2, 0) is 38.1 Å². The Kier molecular flexibility index (Phi) is 14.4. The monoisotopic (exact) mass is 659 g/mol.